The van der Waals surface area contributed by atoms with Gasteiger partial charge in [-0.2, -0.15) is 9.47 Å². The van der Waals surface area contributed by atoms with Gasteiger partial charge in [0.05, 0.1) is 22.7 Å². The number of para-hydroxylation sites is 1. The Kier molecular flexibility index (Phi) is 6.04. The molecule has 0 spiro atoms. The summed E-state index contributed by atoms with van der Waals surface area (Å²) in [5, 5.41) is 5.13. The number of hydrogen-bond donors (Lipinski definition) is 0. The molecule has 0 radical (unpaired) electrons. The number of hydrogen-bond acceptors (Lipinski definition) is 8. The molecule has 0 atom stereocenters. The lowest BCUT2D eigenvalue weighted by Gasteiger charge is -2.07. The molecule has 2 aromatic carbocycles. The van der Waals surface area contributed by atoms with Gasteiger partial charge in [-0.15, -0.1) is 0 Å². The zero-order valence-electron chi connectivity index (χ0n) is 16.6. The van der Waals surface area contributed by atoms with E-state index in [0.29, 0.717) is 21.3 Å². The number of methoxy groups -OCH3 is 1. The van der Waals surface area contributed by atoms with Crippen molar-refractivity contribution in [2.45, 2.75) is 4.90 Å². The number of rotatable bonds is 5. The zero-order valence-corrected chi connectivity index (χ0v) is 19.8. The molecule has 4 aromatic rings. The van der Waals surface area contributed by atoms with Crippen LogP contribution in [-0.4, -0.2) is 46.9 Å². The molecule has 2 aromatic heterocycles. The van der Waals surface area contributed by atoms with Gasteiger partial charge >= 0.3 is 5.97 Å². The van der Waals surface area contributed by atoms with Crippen LogP contribution in [0.3, 0.4) is 0 Å². The highest BCUT2D eigenvalue weighted by molar-refractivity contribution is 7.90. The quantitative estimate of drug-likeness (QED) is 0.364. The van der Waals surface area contributed by atoms with Gasteiger partial charge < -0.3 is 4.74 Å². The second kappa shape index (κ2) is 8.62. The minimum absolute atomic E-state index is 0.00556. The number of halogens is 2. The summed E-state index contributed by atoms with van der Waals surface area (Å²) in [5.74, 6) is -0.527. The van der Waals surface area contributed by atoms with E-state index < -0.39 is 15.8 Å². The van der Waals surface area contributed by atoms with Crippen molar-refractivity contribution in [3.8, 4) is 27.8 Å². The van der Waals surface area contributed by atoms with Crippen molar-refractivity contribution >= 4 is 50.5 Å². The average molecular weight is 509 g/mol. The molecular weight excluding hydrogens is 495 g/mol. The van der Waals surface area contributed by atoms with Gasteiger partial charge in [-0.1, -0.05) is 47.5 Å². The molecule has 164 valence electrons. The summed E-state index contributed by atoms with van der Waals surface area (Å²) in [4.78, 5) is 16.9. The monoisotopic (exact) mass is 508 g/mol. The van der Waals surface area contributed by atoms with Crippen LogP contribution in [0.25, 0.3) is 27.8 Å². The zero-order chi connectivity index (χ0) is 23.0. The first-order valence-electron chi connectivity index (χ1n) is 8.97. The van der Waals surface area contributed by atoms with Crippen LogP contribution >= 0.6 is 34.7 Å². The third-order valence-electron chi connectivity index (χ3n) is 4.43. The van der Waals surface area contributed by atoms with Crippen LogP contribution in [0, 0.1) is 0 Å². The van der Waals surface area contributed by atoms with Crippen LogP contribution in [0.4, 0.5) is 0 Å². The molecule has 0 saturated carbocycles. The minimum Gasteiger partial charge on any atom is -0.464 e. The van der Waals surface area contributed by atoms with Crippen LogP contribution in [0.5, 0.6) is 0 Å². The first-order chi connectivity index (χ1) is 15.2. The molecule has 12 heteroatoms. The number of ether oxygens (including phenoxy) is 1. The van der Waals surface area contributed by atoms with Crippen molar-refractivity contribution in [2.75, 3.05) is 13.4 Å². The van der Waals surface area contributed by atoms with E-state index >= 15 is 0 Å². The van der Waals surface area contributed by atoms with Gasteiger partial charge in [0, 0.05) is 11.8 Å². The molecular formula is C20H14Cl2N4O4S2. The largest absolute Gasteiger partial charge is 0.464 e. The molecule has 8 nitrogen and oxygen atoms in total. The number of aromatic nitrogens is 4. The predicted octanol–water partition coefficient (Wildman–Crippen LogP) is 4.55. The smallest absolute Gasteiger partial charge is 0.360 e. The fourth-order valence-corrected chi connectivity index (χ4v) is 4.74. The maximum Gasteiger partial charge on any atom is 0.360 e. The minimum atomic E-state index is -3.39. The van der Waals surface area contributed by atoms with E-state index in [1.165, 1.54) is 23.9 Å². The van der Waals surface area contributed by atoms with Crippen molar-refractivity contribution in [1.29, 1.82) is 0 Å². The maximum atomic E-state index is 12.2. The van der Waals surface area contributed by atoms with Gasteiger partial charge in [0.1, 0.15) is 15.7 Å². The average Bonchev–Trinajstić information content (AvgIpc) is 3.37. The Morgan fingerprint density at radius 3 is 2.56 bits per heavy atom. The van der Waals surface area contributed by atoms with Gasteiger partial charge in [-0.05, 0) is 35.8 Å². The predicted molar refractivity (Wildman–Crippen MR) is 122 cm³/mol. The van der Waals surface area contributed by atoms with Crippen LogP contribution in [-0.2, 0) is 14.6 Å². The van der Waals surface area contributed by atoms with Crippen LogP contribution in [0.15, 0.2) is 53.4 Å². The summed E-state index contributed by atoms with van der Waals surface area (Å²) in [6, 6.07) is 13.3. The number of nitrogens with zero attached hydrogens (tertiary/aromatic N) is 4. The van der Waals surface area contributed by atoms with E-state index in [2.05, 4.69) is 14.5 Å². The summed E-state index contributed by atoms with van der Waals surface area (Å²) < 4.78 is 34.3. The third-order valence-corrected chi connectivity index (χ3v) is 6.99. The first kappa shape index (κ1) is 22.4. The van der Waals surface area contributed by atoms with E-state index in [9.17, 15) is 13.2 Å². The van der Waals surface area contributed by atoms with Crippen LogP contribution < -0.4 is 0 Å². The van der Waals surface area contributed by atoms with E-state index in [-0.39, 0.29) is 27.1 Å². The van der Waals surface area contributed by atoms with E-state index in [1.807, 2.05) is 0 Å². The third kappa shape index (κ3) is 4.14. The fraction of sp³-hybridized carbons (Fsp3) is 0.100. The first-order valence-corrected chi connectivity index (χ1v) is 12.4. The summed E-state index contributed by atoms with van der Waals surface area (Å²) in [5.41, 5.74) is 1.18. The van der Waals surface area contributed by atoms with Crippen molar-refractivity contribution in [2.24, 2.45) is 0 Å². The Hall–Kier alpha value is -2.79. The van der Waals surface area contributed by atoms with E-state index in [1.54, 1.807) is 36.4 Å². The molecule has 4 rings (SSSR count). The van der Waals surface area contributed by atoms with Crippen molar-refractivity contribution in [3.63, 3.8) is 0 Å². The Labute approximate surface area is 197 Å². The second-order valence-corrected chi connectivity index (χ2v) is 10.1. The highest BCUT2D eigenvalue weighted by atomic mass is 35.5. The summed E-state index contributed by atoms with van der Waals surface area (Å²) >= 11 is 13.9. The molecule has 32 heavy (non-hydrogen) atoms. The molecule has 0 N–H and O–H groups in total. The Morgan fingerprint density at radius 2 is 1.88 bits per heavy atom. The Balaban J connectivity index is 1.88. The molecule has 0 unspecified atom stereocenters. The molecule has 0 aliphatic rings. The lowest BCUT2D eigenvalue weighted by atomic mass is 10.2. The molecule has 2 heterocycles. The fourth-order valence-electron chi connectivity index (χ4n) is 2.91. The normalized spacial score (nSPS) is 11.5. The Morgan fingerprint density at radius 1 is 1.12 bits per heavy atom. The van der Waals surface area contributed by atoms with Gasteiger partial charge in [-0.25, -0.2) is 22.9 Å². The van der Waals surface area contributed by atoms with Crippen LogP contribution in [0.2, 0.25) is 10.0 Å². The van der Waals surface area contributed by atoms with Crippen molar-refractivity contribution in [3.05, 3.63) is 64.3 Å². The lowest BCUT2D eigenvalue weighted by molar-refractivity contribution is 0.0593. The van der Waals surface area contributed by atoms with E-state index in [4.69, 9.17) is 27.9 Å². The molecule has 0 amide bonds. The molecule has 0 aliphatic carbocycles. The number of esters is 1. The number of carbonyl (C=O) groups is 1. The number of sulfone groups is 1. The molecule has 0 aliphatic heterocycles. The summed E-state index contributed by atoms with van der Waals surface area (Å²) in [6.45, 7) is 0. The SMILES string of the molecule is COC(=O)c1nn(-c2ccccc2Cl)c(-c2nsc(-c3cccc(S(C)(=O)=O)c3)n2)c1Cl. The summed E-state index contributed by atoms with van der Waals surface area (Å²) in [6.07, 6.45) is 1.13. The van der Waals surface area contributed by atoms with Crippen molar-refractivity contribution in [1.82, 2.24) is 19.1 Å². The molecule has 0 bridgehead atoms. The standard InChI is InChI=1S/C20H14Cl2N4O4S2/c1-30-20(27)16-15(22)17(26(24-16)14-9-4-3-8-13(14)21)18-23-19(31-25-18)11-6-5-7-12(10-11)32(2,28)29/h3-10H,1-2H3. The lowest BCUT2D eigenvalue weighted by Crippen LogP contribution is -2.05. The topological polar surface area (TPSA) is 104 Å². The van der Waals surface area contributed by atoms with Crippen LogP contribution in [0.1, 0.15) is 10.5 Å². The second-order valence-electron chi connectivity index (χ2n) is 6.59. The van der Waals surface area contributed by atoms with Gasteiger partial charge in [0.15, 0.2) is 21.4 Å². The van der Waals surface area contributed by atoms with Crippen molar-refractivity contribution < 1.29 is 17.9 Å². The Bertz CT molecular complexity index is 1450. The van der Waals surface area contributed by atoms with E-state index in [0.717, 1.165) is 17.8 Å². The molecule has 0 fully saturated rings. The number of carbonyl (C=O) groups excluding carboxylic acids is 1. The highest BCUT2D eigenvalue weighted by Gasteiger charge is 2.27. The van der Waals surface area contributed by atoms with Gasteiger partial charge in [0.25, 0.3) is 0 Å². The number of benzene rings is 2. The summed E-state index contributed by atoms with van der Waals surface area (Å²) in [7, 11) is -2.16. The highest BCUT2D eigenvalue weighted by Crippen LogP contribution is 2.36. The molecule has 0 saturated heterocycles. The maximum absolute atomic E-state index is 12.2. The van der Waals surface area contributed by atoms with Gasteiger partial charge in [0.2, 0.25) is 0 Å². The van der Waals surface area contributed by atoms with Gasteiger partial charge in [-0.3, -0.25) is 0 Å².